The minimum absolute atomic E-state index is 0.00694. The van der Waals surface area contributed by atoms with Crippen LogP contribution in [0, 0.1) is 5.92 Å². The second-order valence-electron chi connectivity index (χ2n) is 6.86. The highest BCUT2D eigenvalue weighted by molar-refractivity contribution is 5.93. The number of methoxy groups -OCH3 is 1. The van der Waals surface area contributed by atoms with E-state index < -0.39 is 0 Å². The standard InChI is InChI=1S/C20H26N4O5/c1-3-28-20(26)14-7-6-10-24(12-14)13-19-22-17(23-29-19)11-18(25)21-15-8-4-5-9-16(15)27-2/h4-5,8-9,14H,3,6-7,10-13H2,1-2H3,(H,21,25). The van der Waals surface area contributed by atoms with Crippen LogP contribution in [-0.4, -0.2) is 53.7 Å². The Morgan fingerprint density at radius 2 is 2.17 bits per heavy atom. The fourth-order valence-electron chi connectivity index (χ4n) is 3.36. The molecular weight excluding hydrogens is 376 g/mol. The highest BCUT2D eigenvalue weighted by Crippen LogP contribution is 2.23. The maximum atomic E-state index is 12.3. The number of aromatic nitrogens is 2. The molecule has 2 heterocycles. The first-order valence-corrected chi connectivity index (χ1v) is 9.72. The van der Waals surface area contributed by atoms with Crippen LogP contribution < -0.4 is 10.1 Å². The fraction of sp³-hybridized carbons (Fsp3) is 0.500. The smallest absolute Gasteiger partial charge is 0.310 e. The molecule has 1 aliphatic rings. The van der Waals surface area contributed by atoms with Gasteiger partial charge < -0.3 is 19.3 Å². The third-order valence-electron chi connectivity index (χ3n) is 4.69. The van der Waals surface area contributed by atoms with Crippen LogP contribution >= 0.6 is 0 Å². The molecular formula is C20H26N4O5. The van der Waals surface area contributed by atoms with Crippen LogP contribution in [0.5, 0.6) is 5.75 Å². The number of hydrogen-bond donors (Lipinski definition) is 1. The highest BCUT2D eigenvalue weighted by atomic mass is 16.5. The summed E-state index contributed by atoms with van der Waals surface area (Å²) in [5.74, 6) is 0.771. The van der Waals surface area contributed by atoms with Gasteiger partial charge in [-0.3, -0.25) is 14.5 Å². The molecule has 3 rings (SSSR count). The van der Waals surface area contributed by atoms with Gasteiger partial charge in [-0.05, 0) is 38.4 Å². The zero-order valence-corrected chi connectivity index (χ0v) is 16.7. The van der Waals surface area contributed by atoms with Gasteiger partial charge in [0, 0.05) is 6.54 Å². The third kappa shape index (κ3) is 5.77. The molecule has 1 fully saturated rings. The number of piperidine rings is 1. The number of rotatable bonds is 8. The Bertz CT molecular complexity index is 838. The van der Waals surface area contributed by atoms with Crippen LogP contribution in [0.2, 0.25) is 0 Å². The Balaban J connectivity index is 1.52. The van der Waals surface area contributed by atoms with Crippen LogP contribution in [0.3, 0.4) is 0 Å². The van der Waals surface area contributed by atoms with Crippen molar-refractivity contribution in [2.45, 2.75) is 32.7 Å². The number of carbonyl (C=O) groups is 2. The first-order chi connectivity index (χ1) is 14.1. The van der Waals surface area contributed by atoms with Gasteiger partial charge in [-0.2, -0.15) is 4.98 Å². The van der Waals surface area contributed by atoms with Crippen molar-refractivity contribution in [3.63, 3.8) is 0 Å². The third-order valence-corrected chi connectivity index (χ3v) is 4.69. The minimum atomic E-state index is -0.262. The van der Waals surface area contributed by atoms with Gasteiger partial charge in [0.2, 0.25) is 11.8 Å². The summed E-state index contributed by atoms with van der Waals surface area (Å²) in [6.07, 6.45) is 1.73. The molecule has 1 aliphatic heterocycles. The van der Waals surface area contributed by atoms with Gasteiger partial charge in [-0.25, -0.2) is 0 Å². The number of nitrogens with one attached hydrogen (secondary N) is 1. The van der Waals surface area contributed by atoms with Crippen molar-refractivity contribution < 1.29 is 23.6 Å². The molecule has 1 unspecified atom stereocenters. The number of esters is 1. The van der Waals surface area contributed by atoms with Gasteiger partial charge in [0.1, 0.15) is 5.75 Å². The number of benzene rings is 1. The van der Waals surface area contributed by atoms with E-state index in [-0.39, 0.29) is 24.2 Å². The Kier molecular flexibility index (Phi) is 7.18. The van der Waals surface area contributed by atoms with Crippen LogP contribution in [0.1, 0.15) is 31.5 Å². The summed E-state index contributed by atoms with van der Waals surface area (Å²) in [6.45, 7) is 4.09. The first-order valence-electron chi connectivity index (χ1n) is 9.72. The van der Waals surface area contributed by atoms with Crippen LogP contribution in [0.15, 0.2) is 28.8 Å². The largest absolute Gasteiger partial charge is 0.495 e. The summed E-state index contributed by atoms with van der Waals surface area (Å²) in [7, 11) is 1.55. The van der Waals surface area contributed by atoms with Crippen LogP contribution in [0.4, 0.5) is 5.69 Å². The molecule has 9 heteroatoms. The zero-order chi connectivity index (χ0) is 20.6. The van der Waals surface area contributed by atoms with E-state index in [1.807, 2.05) is 19.1 Å². The van der Waals surface area contributed by atoms with Crippen molar-refractivity contribution in [1.29, 1.82) is 0 Å². The molecule has 9 nitrogen and oxygen atoms in total. The Morgan fingerprint density at radius 3 is 2.97 bits per heavy atom. The minimum Gasteiger partial charge on any atom is -0.495 e. The number of amides is 1. The number of likely N-dealkylation sites (tertiary alicyclic amines) is 1. The van der Waals surface area contributed by atoms with Crippen molar-refractivity contribution >= 4 is 17.6 Å². The molecule has 156 valence electrons. The van der Waals surface area contributed by atoms with Crippen LogP contribution in [0.25, 0.3) is 0 Å². The van der Waals surface area contributed by atoms with Gasteiger partial charge in [0.25, 0.3) is 0 Å². The Hall–Kier alpha value is -2.94. The van der Waals surface area contributed by atoms with Gasteiger partial charge in [0.05, 0.1) is 38.3 Å². The topological polar surface area (TPSA) is 107 Å². The van der Waals surface area contributed by atoms with E-state index in [1.54, 1.807) is 19.2 Å². The van der Waals surface area contributed by atoms with Gasteiger partial charge in [-0.15, -0.1) is 0 Å². The van der Waals surface area contributed by atoms with Gasteiger partial charge in [-0.1, -0.05) is 17.3 Å². The van der Waals surface area contributed by atoms with E-state index in [0.29, 0.717) is 42.8 Å². The molecule has 0 bridgehead atoms. The summed E-state index contributed by atoms with van der Waals surface area (Å²) in [5.41, 5.74) is 0.585. The molecule has 29 heavy (non-hydrogen) atoms. The van der Waals surface area contributed by atoms with Crippen molar-refractivity contribution in [2.75, 3.05) is 32.1 Å². The predicted octanol–water partition coefficient (Wildman–Crippen LogP) is 2.03. The summed E-state index contributed by atoms with van der Waals surface area (Å²) >= 11 is 0. The molecule has 1 amide bonds. The zero-order valence-electron chi connectivity index (χ0n) is 16.7. The quantitative estimate of drug-likeness (QED) is 0.669. The Labute approximate surface area is 169 Å². The summed E-state index contributed by atoms with van der Waals surface area (Å²) in [5, 5.41) is 6.68. The van der Waals surface area contributed by atoms with E-state index in [4.69, 9.17) is 14.0 Å². The number of carbonyl (C=O) groups excluding carboxylic acids is 2. The number of anilines is 1. The summed E-state index contributed by atoms with van der Waals surface area (Å²) < 4.78 is 15.6. The summed E-state index contributed by atoms with van der Waals surface area (Å²) in [6, 6.07) is 7.17. The van der Waals surface area contributed by atoms with Crippen molar-refractivity contribution in [2.24, 2.45) is 5.92 Å². The molecule has 0 radical (unpaired) electrons. The maximum Gasteiger partial charge on any atom is 0.310 e. The predicted molar refractivity (Wildman–Crippen MR) is 104 cm³/mol. The molecule has 1 N–H and O–H groups in total. The lowest BCUT2D eigenvalue weighted by Gasteiger charge is -2.30. The fourth-order valence-corrected chi connectivity index (χ4v) is 3.36. The molecule has 0 spiro atoms. The van der Waals surface area contributed by atoms with E-state index in [9.17, 15) is 9.59 Å². The van der Waals surface area contributed by atoms with Crippen molar-refractivity contribution in [1.82, 2.24) is 15.0 Å². The van der Waals surface area contributed by atoms with E-state index in [1.165, 1.54) is 0 Å². The van der Waals surface area contributed by atoms with Crippen molar-refractivity contribution in [3.05, 3.63) is 36.0 Å². The monoisotopic (exact) mass is 402 g/mol. The Morgan fingerprint density at radius 1 is 1.34 bits per heavy atom. The average Bonchev–Trinajstić information content (AvgIpc) is 3.15. The molecule has 0 saturated carbocycles. The number of hydrogen-bond acceptors (Lipinski definition) is 8. The molecule has 1 aromatic heterocycles. The van der Waals surface area contributed by atoms with E-state index in [2.05, 4.69) is 20.4 Å². The normalized spacial score (nSPS) is 17.0. The van der Waals surface area contributed by atoms with Gasteiger partial charge >= 0.3 is 5.97 Å². The number of nitrogens with zero attached hydrogens (tertiary/aromatic N) is 3. The van der Waals surface area contributed by atoms with Crippen LogP contribution in [-0.2, 0) is 27.3 Å². The SMILES string of the molecule is CCOC(=O)C1CCCN(Cc2nc(CC(=O)Nc3ccccc3OC)no2)C1. The van der Waals surface area contributed by atoms with E-state index >= 15 is 0 Å². The lowest BCUT2D eigenvalue weighted by Crippen LogP contribution is -2.39. The molecule has 1 aromatic carbocycles. The van der Waals surface area contributed by atoms with E-state index in [0.717, 1.165) is 19.4 Å². The number of ether oxygens (including phenoxy) is 2. The van der Waals surface area contributed by atoms with Gasteiger partial charge in [0.15, 0.2) is 5.82 Å². The molecule has 2 aromatic rings. The summed E-state index contributed by atoms with van der Waals surface area (Å²) in [4.78, 5) is 30.6. The maximum absolute atomic E-state index is 12.3. The highest BCUT2D eigenvalue weighted by Gasteiger charge is 2.27. The second-order valence-corrected chi connectivity index (χ2v) is 6.86. The molecule has 1 saturated heterocycles. The second kappa shape index (κ2) is 10.0. The lowest BCUT2D eigenvalue weighted by molar-refractivity contribution is -0.150. The number of para-hydroxylation sites is 2. The lowest BCUT2D eigenvalue weighted by atomic mass is 9.98. The first kappa shape index (κ1) is 20.8. The molecule has 1 atom stereocenters. The van der Waals surface area contributed by atoms with Crippen molar-refractivity contribution in [3.8, 4) is 5.75 Å². The molecule has 0 aliphatic carbocycles. The average molecular weight is 402 g/mol.